The second-order valence-electron chi connectivity index (χ2n) is 5.76. The maximum Gasteiger partial charge on any atom is 0.0701 e. The van der Waals surface area contributed by atoms with Crippen molar-refractivity contribution < 1.29 is 0 Å². The van der Waals surface area contributed by atoms with Gasteiger partial charge in [-0.3, -0.25) is 4.90 Å². The molecule has 0 aromatic carbocycles. The third-order valence-electron chi connectivity index (χ3n) is 3.33. The molecule has 1 N–H and O–H groups in total. The molecule has 110 valence electrons. The zero-order chi connectivity index (χ0) is 14.3. The Labute approximate surface area is 130 Å². The average molecular weight is 347 g/mol. The average Bonchev–Trinajstić information content (AvgIpc) is 2.73. The summed E-state index contributed by atoms with van der Waals surface area (Å²) < 4.78 is 1.22. The topological polar surface area (TPSA) is 15.3 Å². The van der Waals surface area contributed by atoms with E-state index < -0.39 is 0 Å². The van der Waals surface area contributed by atoms with Crippen LogP contribution in [0.1, 0.15) is 39.2 Å². The molecule has 0 aliphatic rings. The third-order valence-corrected chi connectivity index (χ3v) is 4.89. The molecule has 1 unspecified atom stereocenters. The summed E-state index contributed by atoms with van der Waals surface area (Å²) in [5.41, 5.74) is 1.41. The van der Waals surface area contributed by atoms with Gasteiger partial charge in [0.1, 0.15) is 0 Å². The molecule has 0 amide bonds. The molecule has 0 spiro atoms. The van der Waals surface area contributed by atoms with Crippen LogP contribution in [-0.2, 0) is 6.54 Å². The van der Waals surface area contributed by atoms with Crippen LogP contribution in [0.15, 0.2) is 15.2 Å². The van der Waals surface area contributed by atoms with Crippen molar-refractivity contribution in [2.45, 2.75) is 46.2 Å². The van der Waals surface area contributed by atoms with E-state index in [1.165, 1.54) is 22.2 Å². The van der Waals surface area contributed by atoms with E-state index in [2.05, 4.69) is 65.4 Å². The SMILES string of the molecule is CC(C)CNCCCC(C)N(C)Cc1csc(Br)c1. The molecule has 0 fully saturated rings. The molecule has 0 saturated heterocycles. The highest BCUT2D eigenvalue weighted by Crippen LogP contribution is 2.22. The van der Waals surface area contributed by atoms with Crippen LogP contribution in [0.2, 0.25) is 0 Å². The van der Waals surface area contributed by atoms with E-state index in [9.17, 15) is 0 Å². The first-order valence-electron chi connectivity index (χ1n) is 7.13. The molecule has 1 aromatic heterocycles. The van der Waals surface area contributed by atoms with Crippen molar-refractivity contribution in [1.29, 1.82) is 0 Å². The standard InChI is InChI=1S/C15H27BrN2S/c1-12(2)9-17-7-5-6-13(3)18(4)10-14-8-15(16)19-11-14/h8,11-13,17H,5-7,9-10H2,1-4H3. The maximum absolute atomic E-state index is 3.52. The van der Waals surface area contributed by atoms with Gasteiger partial charge < -0.3 is 5.32 Å². The molecule has 1 aromatic rings. The van der Waals surface area contributed by atoms with Gasteiger partial charge in [-0.2, -0.15) is 0 Å². The second-order valence-corrected chi connectivity index (χ2v) is 8.05. The first-order valence-corrected chi connectivity index (χ1v) is 8.80. The number of hydrogen-bond acceptors (Lipinski definition) is 3. The molecule has 1 heterocycles. The summed E-state index contributed by atoms with van der Waals surface area (Å²) in [5.74, 6) is 0.747. The Morgan fingerprint density at radius 2 is 2.11 bits per heavy atom. The van der Waals surface area contributed by atoms with Crippen LogP contribution in [-0.4, -0.2) is 31.1 Å². The molecular formula is C15H27BrN2S. The second kappa shape index (κ2) is 9.11. The Hall–Kier alpha value is 0.100. The Bertz CT molecular complexity index is 352. The van der Waals surface area contributed by atoms with Crippen LogP contribution in [0.5, 0.6) is 0 Å². The van der Waals surface area contributed by atoms with Gasteiger partial charge in [0.25, 0.3) is 0 Å². The normalized spacial score (nSPS) is 13.4. The van der Waals surface area contributed by atoms with Crippen LogP contribution in [0.4, 0.5) is 0 Å². The number of nitrogens with zero attached hydrogens (tertiary/aromatic N) is 1. The minimum atomic E-state index is 0.638. The van der Waals surface area contributed by atoms with Crippen molar-refractivity contribution >= 4 is 27.3 Å². The third kappa shape index (κ3) is 7.45. The van der Waals surface area contributed by atoms with Gasteiger partial charge in [-0.1, -0.05) is 13.8 Å². The summed E-state index contributed by atoms with van der Waals surface area (Å²) in [7, 11) is 2.22. The predicted molar refractivity (Wildman–Crippen MR) is 89.9 cm³/mol. The van der Waals surface area contributed by atoms with Gasteiger partial charge in [0.15, 0.2) is 0 Å². The Kier molecular flexibility index (Phi) is 8.23. The number of rotatable bonds is 9. The molecule has 0 saturated carbocycles. The van der Waals surface area contributed by atoms with Gasteiger partial charge >= 0.3 is 0 Å². The molecule has 0 aliphatic carbocycles. The molecule has 0 radical (unpaired) electrons. The van der Waals surface area contributed by atoms with E-state index in [-0.39, 0.29) is 0 Å². The number of thiophene rings is 1. The van der Waals surface area contributed by atoms with Gasteiger partial charge in [0.2, 0.25) is 0 Å². The number of halogens is 1. The first kappa shape index (κ1) is 17.2. The lowest BCUT2D eigenvalue weighted by Crippen LogP contribution is -2.29. The van der Waals surface area contributed by atoms with E-state index in [4.69, 9.17) is 0 Å². The summed E-state index contributed by atoms with van der Waals surface area (Å²) in [5, 5.41) is 5.74. The molecule has 2 nitrogen and oxygen atoms in total. The summed E-state index contributed by atoms with van der Waals surface area (Å²) in [6.07, 6.45) is 2.51. The van der Waals surface area contributed by atoms with Crippen LogP contribution in [0.3, 0.4) is 0 Å². The van der Waals surface area contributed by atoms with Gasteiger partial charge in [0.05, 0.1) is 3.79 Å². The molecule has 0 aliphatic heterocycles. The fourth-order valence-corrected chi connectivity index (χ4v) is 3.21. The van der Waals surface area contributed by atoms with Crippen molar-refractivity contribution in [3.63, 3.8) is 0 Å². The van der Waals surface area contributed by atoms with Crippen LogP contribution in [0, 0.1) is 5.92 Å². The van der Waals surface area contributed by atoms with Crippen molar-refractivity contribution in [3.05, 3.63) is 20.8 Å². The molecule has 0 bridgehead atoms. The monoisotopic (exact) mass is 346 g/mol. The fourth-order valence-electron chi connectivity index (χ4n) is 2.01. The van der Waals surface area contributed by atoms with E-state index in [0.717, 1.165) is 25.6 Å². The Morgan fingerprint density at radius 1 is 1.37 bits per heavy atom. The predicted octanol–water partition coefficient (Wildman–Crippen LogP) is 4.36. The van der Waals surface area contributed by atoms with Gasteiger partial charge in [-0.15, -0.1) is 11.3 Å². The minimum absolute atomic E-state index is 0.638. The van der Waals surface area contributed by atoms with E-state index >= 15 is 0 Å². The quantitative estimate of drug-likeness (QED) is 0.668. The molecular weight excluding hydrogens is 320 g/mol. The smallest absolute Gasteiger partial charge is 0.0701 e. The van der Waals surface area contributed by atoms with Crippen molar-refractivity contribution in [1.82, 2.24) is 10.2 Å². The first-order chi connectivity index (χ1) is 8.99. The van der Waals surface area contributed by atoms with Crippen LogP contribution >= 0.6 is 27.3 Å². The summed E-state index contributed by atoms with van der Waals surface area (Å²) in [6.45, 7) is 10.1. The molecule has 1 atom stereocenters. The maximum atomic E-state index is 3.52. The van der Waals surface area contributed by atoms with Crippen LogP contribution < -0.4 is 5.32 Å². The largest absolute Gasteiger partial charge is 0.316 e. The van der Waals surface area contributed by atoms with E-state index in [1.807, 2.05) is 0 Å². The van der Waals surface area contributed by atoms with Gasteiger partial charge in [0, 0.05) is 12.6 Å². The highest BCUT2D eigenvalue weighted by atomic mass is 79.9. The van der Waals surface area contributed by atoms with Crippen molar-refractivity contribution in [2.24, 2.45) is 5.92 Å². The van der Waals surface area contributed by atoms with Crippen molar-refractivity contribution in [2.75, 3.05) is 20.1 Å². The summed E-state index contributed by atoms with van der Waals surface area (Å²) in [6, 6.07) is 2.86. The highest BCUT2D eigenvalue weighted by molar-refractivity contribution is 9.11. The highest BCUT2D eigenvalue weighted by Gasteiger charge is 2.10. The number of nitrogens with one attached hydrogen (secondary N) is 1. The zero-order valence-corrected chi connectivity index (χ0v) is 15.0. The molecule has 1 rings (SSSR count). The van der Waals surface area contributed by atoms with E-state index in [0.29, 0.717) is 6.04 Å². The van der Waals surface area contributed by atoms with Crippen LogP contribution in [0.25, 0.3) is 0 Å². The van der Waals surface area contributed by atoms with Gasteiger partial charge in [-0.25, -0.2) is 0 Å². The number of hydrogen-bond donors (Lipinski definition) is 1. The fraction of sp³-hybridized carbons (Fsp3) is 0.733. The lowest BCUT2D eigenvalue weighted by Gasteiger charge is -2.24. The Balaban J connectivity index is 2.16. The zero-order valence-electron chi connectivity index (χ0n) is 12.6. The minimum Gasteiger partial charge on any atom is -0.316 e. The summed E-state index contributed by atoms with van der Waals surface area (Å²) in [4.78, 5) is 2.44. The van der Waals surface area contributed by atoms with E-state index in [1.54, 1.807) is 11.3 Å². The Morgan fingerprint density at radius 3 is 2.68 bits per heavy atom. The molecule has 4 heteroatoms. The lowest BCUT2D eigenvalue weighted by molar-refractivity contribution is 0.234. The van der Waals surface area contributed by atoms with Crippen molar-refractivity contribution in [3.8, 4) is 0 Å². The summed E-state index contributed by atoms with van der Waals surface area (Å²) >= 11 is 5.29. The molecule has 19 heavy (non-hydrogen) atoms. The van der Waals surface area contributed by atoms with Gasteiger partial charge in [-0.05, 0) is 78.8 Å². The lowest BCUT2D eigenvalue weighted by atomic mass is 10.1.